The van der Waals surface area contributed by atoms with Crippen molar-refractivity contribution in [2.24, 2.45) is 16.6 Å². The van der Waals surface area contributed by atoms with Gasteiger partial charge < -0.3 is 5.73 Å². The molecule has 1 saturated carbocycles. The predicted octanol–water partition coefficient (Wildman–Crippen LogP) is 3.59. The molecule has 102 valence electrons. The quantitative estimate of drug-likeness (QED) is 0.888. The van der Waals surface area contributed by atoms with E-state index in [-0.39, 0.29) is 11.7 Å². The second-order valence-corrected chi connectivity index (χ2v) is 7.63. The largest absolute Gasteiger partial charge is 0.378 e. The highest BCUT2D eigenvalue weighted by molar-refractivity contribution is 9.10. The summed E-state index contributed by atoms with van der Waals surface area (Å²) in [4.78, 5) is 4.43. The summed E-state index contributed by atoms with van der Waals surface area (Å²) in [5.41, 5.74) is 5.52. The number of halogens is 3. The van der Waals surface area contributed by atoms with Crippen LogP contribution in [-0.2, 0) is 5.54 Å². The van der Waals surface area contributed by atoms with Gasteiger partial charge in [0.25, 0.3) is 0 Å². The van der Waals surface area contributed by atoms with Gasteiger partial charge in [0.1, 0.15) is 12.5 Å². The van der Waals surface area contributed by atoms with Crippen LogP contribution in [-0.4, -0.2) is 16.6 Å². The fraction of sp³-hybridized carbons (Fsp3) is 0.462. The van der Waals surface area contributed by atoms with Crippen molar-refractivity contribution in [2.45, 2.75) is 23.6 Å². The minimum absolute atomic E-state index is 0.00824. The Hall–Kier alpha value is -0.620. The average Bonchev–Trinajstić information content (AvgIpc) is 3.08. The summed E-state index contributed by atoms with van der Waals surface area (Å²) >= 11 is 4.63. The van der Waals surface area contributed by atoms with E-state index in [1.807, 2.05) is 6.92 Å². The van der Waals surface area contributed by atoms with Crippen molar-refractivity contribution in [1.82, 2.24) is 0 Å². The molecule has 2 aliphatic rings. The highest BCUT2D eigenvalue weighted by Gasteiger charge is 2.66. The zero-order chi connectivity index (χ0) is 13.8. The molecule has 3 rings (SSSR count). The van der Waals surface area contributed by atoms with E-state index in [1.54, 1.807) is 12.1 Å². The summed E-state index contributed by atoms with van der Waals surface area (Å²) in [7, 11) is 0. The van der Waals surface area contributed by atoms with E-state index >= 15 is 0 Å². The Balaban J connectivity index is 2.12. The zero-order valence-electron chi connectivity index (χ0n) is 10.3. The van der Waals surface area contributed by atoms with Crippen molar-refractivity contribution < 1.29 is 8.78 Å². The van der Waals surface area contributed by atoms with Crippen LogP contribution in [0.5, 0.6) is 0 Å². The fourth-order valence-electron chi connectivity index (χ4n) is 2.96. The molecule has 0 radical (unpaired) electrons. The van der Waals surface area contributed by atoms with Gasteiger partial charge >= 0.3 is 0 Å². The van der Waals surface area contributed by atoms with Crippen molar-refractivity contribution in [1.29, 1.82) is 0 Å². The Labute approximate surface area is 123 Å². The molecule has 1 fully saturated rings. The third-order valence-corrected chi connectivity index (χ3v) is 5.81. The molecule has 3 atom stereocenters. The SMILES string of the molecule is C[C@]1(c2cc(Br)ccc2F)N=C(N)S[C@@]2(CF)C[C@H]21. The van der Waals surface area contributed by atoms with E-state index < -0.39 is 17.0 Å². The van der Waals surface area contributed by atoms with Gasteiger partial charge in [-0.25, -0.2) is 8.78 Å². The van der Waals surface area contributed by atoms with Crippen LogP contribution in [0.25, 0.3) is 0 Å². The monoisotopic (exact) mass is 346 g/mol. The van der Waals surface area contributed by atoms with Gasteiger partial charge in [0.15, 0.2) is 5.17 Å². The minimum atomic E-state index is -0.782. The third-order valence-electron chi connectivity index (χ3n) is 4.05. The molecule has 1 aromatic rings. The van der Waals surface area contributed by atoms with Crippen LogP contribution >= 0.6 is 27.7 Å². The number of thioether (sulfide) groups is 1. The fourth-order valence-corrected chi connectivity index (χ4v) is 4.65. The van der Waals surface area contributed by atoms with Crippen molar-refractivity contribution in [3.63, 3.8) is 0 Å². The normalized spacial score (nSPS) is 36.6. The first-order chi connectivity index (χ1) is 8.91. The number of hydrogen-bond donors (Lipinski definition) is 1. The minimum Gasteiger partial charge on any atom is -0.378 e. The average molecular weight is 347 g/mol. The number of fused-ring (bicyclic) bond motifs is 1. The lowest BCUT2D eigenvalue weighted by atomic mass is 9.86. The van der Waals surface area contributed by atoms with Crippen LogP contribution in [0.15, 0.2) is 27.7 Å². The number of nitrogens with two attached hydrogens (primary N) is 1. The van der Waals surface area contributed by atoms with E-state index in [0.717, 1.165) is 4.47 Å². The molecule has 1 aliphatic carbocycles. The van der Waals surface area contributed by atoms with E-state index in [4.69, 9.17) is 5.73 Å². The Morgan fingerprint density at radius 1 is 1.58 bits per heavy atom. The summed E-state index contributed by atoms with van der Waals surface area (Å²) in [6.07, 6.45) is 0.681. The summed E-state index contributed by atoms with van der Waals surface area (Å²) in [6, 6.07) is 4.75. The second kappa shape index (κ2) is 4.19. The summed E-state index contributed by atoms with van der Waals surface area (Å²) in [6.45, 7) is 1.39. The summed E-state index contributed by atoms with van der Waals surface area (Å²) in [5, 5.41) is 0.341. The summed E-state index contributed by atoms with van der Waals surface area (Å²) in [5.74, 6) is -0.333. The van der Waals surface area contributed by atoms with Gasteiger partial charge in [-0.1, -0.05) is 27.7 Å². The molecule has 1 heterocycles. The topological polar surface area (TPSA) is 38.4 Å². The van der Waals surface area contributed by atoms with Crippen LogP contribution in [0.4, 0.5) is 8.78 Å². The van der Waals surface area contributed by atoms with Crippen LogP contribution in [0.2, 0.25) is 0 Å². The number of alkyl halides is 1. The molecule has 0 spiro atoms. The van der Waals surface area contributed by atoms with Crippen LogP contribution in [0.3, 0.4) is 0 Å². The predicted molar refractivity (Wildman–Crippen MR) is 77.5 cm³/mol. The number of rotatable bonds is 2. The van der Waals surface area contributed by atoms with Gasteiger partial charge in [0.2, 0.25) is 0 Å². The molecule has 0 saturated heterocycles. The van der Waals surface area contributed by atoms with E-state index in [0.29, 0.717) is 17.2 Å². The van der Waals surface area contributed by atoms with Gasteiger partial charge in [-0.15, -0.1) is 0 Å². The molecular weight excluding hydrogens is 334 g/mol. The zero-order valence-corrected chi connectivity index (χ0v) is 12.7. The van der Waals surface area contributed by atoms with Crippen molar-refractivity contribution >= 4 is 32.9 Å². The highest BCUT2D eigenvalue weighted by atomic mass is 79.9. The lowest BCUT2D eigenvalue weighted by Gasteiger charge is -2.33. The lowest BCUT2D eigenvalue weighted by Crippen LogP contribution is -2.36. The molecule has 0 amide bonds. The Morgan fingerprint density at radius 3 is 3.00 bits per heavy atom. The van der Waals surface area contributed by atoms with Gasteiger partial charge in [-0.2, -0.15) is 0 Å². The molecular formula is C13H13BrF2N2S. The van der Waals surface area contributed by atoms with Crippen molar-refractivity contribution in [3.05, 3.63) is 34.1 Å². The first-order valence-electron chi connectivity index (χ1n) is 5.97. The Kier molecular flexibility index (Phi) is 2.94. The van der Waals surface area contributed by atoms with Crippen molar-refractivity contribution in [3.8, 4) is 0 Å². The first-order valence-corrected chi connectivity index (χ1v) is 7.58. The molecule has 0 aromatic heterocycles. The van der Waals surface area contributed by atoms with E-state index in [9.17, 15) is 8.78 Å². The summed E-state index contributed by atoms with van der Waals surface area (Å²) < 4.78 is 27.7. The molecule has 1 aromatic carbocycles. The number of benzene rings is 1. The molecule has 0 bridgehead atoms. The van der Waals surface area contributed by atoms with Gasteiger partial charge in [-0.05, 0) is 31.5 Å². The van der Waals surface area contributed by atoms with Crippen molar-refractivity contribution in [2.75, 3.05) is 6.67 Å². The van der Waals surface area contributed by atoms with E-state index in [2.05, 4.69) is 20.9 Å². The second-order valence-electron chi connectivity index (χ2n) is 5.28. The lowest BCUT2D eigenvalue weighted by molar-refractivity contribution is 0.363. The maximum atomic E-state index is 14.1. The number of hydrogen-bond acceptors (Lipinski definition) is 3. The smallest absolute Gasteiger partial charge is 0.155 e. The van der Waals surface area contributed by atoms with E-state index in [1.165, 1.54) is 17.8 Å². The maximum absolute atomic E-state index is 14.1. The first kappa shape index (κ1) is 13.4. The maximum Gasteiger partial charge on any atom is 0.155 e. The molecule has 2 N–H and O–H groups in total. The Bertz CT molecular complexity index is 580. The molecule has 2 nitrogen and oxygen atoms in total. The standard InChI is InChI=1S/C13H13BrF2N2S/c1-12(8-4-7(14)2-3-9(8)16)10-5-13(10,6-15)19-11(17)18-12/h2-4,10H,5-6H2,1H3,(H2,17,18)/t10-,12+,13+/m0/s1. The van der Waals surface area contributed by atoms with Gasteiger partial charge in [0.05, 0.1) is 10.3 Å². The van der Waals surface area contributed by atoms with Crippen LogP contribution in [0.1, 0.15) is 18.9 Å². The van der Waals surface area contributed by atoms with Crippen LogP contribution in [0, 0.1) is 11.7 Å². The third kappa shape index (κ3) is 1.91. The Morgan fingerprint density at radius 2 is 2.32 bits per heavy atom. The number of nitrogens with zero attached hydrogens (tertiary/aromatic N) is 1. The molecule has 19 heavy (non-hydrogen) atoms. The van der Waals surface area contributed by atoms with Gasteiger partial charge in [0, 0.05) is 16.0 Å². The molecule has 1 aliphatic heterocycles. The van der Waals surface area contributed by atoms with Crippen LogP contribution < -0.4 is 5.73 Å². The highest BCUT2D eigenvalue weighted by Crippen LogP contribution is 2.66. The molecule has 6 heteroatoms. The van der Waals surface area contributed by atoms with Gasteiger partial charge in [-0.3, -0.25) is 4.99 Å². The number of amidine groups is 1. The molecule has 0 unspecified atom stereocenters. The number of aliphatic imine (C=N–C) groups is 1.